The van der Waals surface area contributed by atoms with Crippen molar-refractivity contribution in [3.63, 3.8) is 0 Å². The van der Waals surface area contributed by atoms with Gasteiger partial charge in [0.25, 0.3) is 0 Å². The van der Waals surface area contributed by atoms with Crippen LogP contribution < -0.4 is 0 Å². The third-order valence-electron chi connectivity index (χ3n) is 4.54. The number of thiophene rings is 1. The van der Waals surface area contributed by atoms with Gasteiger partial charge in [-0.3, -0.25) is 4.79 Å². The first-order valence-corrected chi connectivity index (χ1v) is 8.61. The van der Waals surface area contributed by atoms with Crippen molar-refractivity contribution in [1.82, 2.24) is 0 Å². The Morgan fingerprint density at radius 2 is 1.95 bits per heavy atom. The molecule has 1 heterocycles. The van der Waals surface area contributed by atoms with Crippen molar-refractivity contribution in [3.05, 3.63) is 52.4 Å². The molecule has 1 aromatic heterocycles. The summed E-state index contributed by atoms with van der Waals surface area (Å²) in [5, 5.41) is 0. The van der Waals surface area contributed by atoms with E-state index in [1.165, 1.54) is 16.9 Å². The lowest BCUT2D eigenvalue weighted by Gasteiger charge is -2.29. The molecule has 1 nitrogen and oxygen atoms in total. The Morgan fingerprint density at radius 1 is 1.27 bits per heavy atom. The van der Waals surface area contributed by atoms with E-state index in [9.17, 15) is 4.79 Å². The van der Waals surface area contributed by atoms with Gasteiger partial charge in [0, 0.05) is 15.3 Å². The van der Waals surface area contributed by atoms with Crippen LogP contribution >= 0.6 is 11.3 Å². The number of hydrogen-bond donors (Lipinski definition) is 0. The molecule has 2 heteroatoms. The minimum atomic E-state index is 0.193. The molecule has 0 unspecified atom stereocenters. The maximum Gasteiger partial charge on any atom is 0.161 e. The number of fused-ring (bicyclic) bond motifs is 1. The van der Waals surface area contributed by atoms with Crippen LogP contribution in [0.4, 0.5) is 0 Å². The molecule has 0 saturated carbocycles. The summed E-state index contributed by atoms with van der Waals surface area (Å²) < 4.78 is 0. The van der Waals surface area contributed by atoms with Gasteiger partial charge in [-0.1, -0.05) is 50.8 Å². The Balaban J connectivity index is 2.14. The Kier molecular flexibility index (Phi) is 3.82. The number of Topliss-reactive ketones (excluding diaryl/α,β-unsaturated/α-hetero) is 1. The first-order valence-electron chi connectivity index (χ1n) is 7.79. The monoisotopic (exact) mass is 310 g/mol. The van der Waals surface area contributed by atoms with Crippen LogP contribution in [0.5, 0.6) is 0 Å². The topological polar surface area (TPSA) is 17.1 Å². The molecule has 0 aliphatic heterocycles. The van der Waals surface area contributed by atoms with E-state index in [2.05, 4.69) is 44.7 Å². The van der Waals surface area contributed by atoms with Gasteiger partial charge in [-0.2, -0.15) is 0 Å². The lowest BCUT2D eigenvalue weighted by atomic mass is 9.75. The number of carbonyl (C=O) groups is 1. The fourth-order valence-electron chi connectivity index (χ4n) is 3.27. The number of carbonyl (C=O) groups excluding carboxylic acids is 1. The van der Waals surface area contributed by atoms with Gasteiger partial charge in [0.15, 0.2) is 5.78 Å². The zero-order chi connectivity index (χ0) is 15.9. The maximum absolute atomic E-state index is 12.3. The van der Waals surface area contributed by atoms with Gasteiger partial charge >= 0.3 is 0 Å². The molecule has 114 valence electrons. The predicted molar refractivity (Wildman–Crippen MR) is 95.7 cm³/mol. The number of benzene rings is 1. The summed E-state index contributed by atoms with van der Waals surface area (Å²) in [6.07, 6.45) is 5.15. The first kappa shape index (κ1) is 15.2. The second-order valence-corrected chi connectivity index (χ2v) is 8.04. The fourth-order valence-corrected chi connectivity index (χ4v) is 4.64. The predicted octanol–water partition coefficient (Wildman–Crippen LogP) is 5.78. The second kappa shape index (κ2) is 5.51. The highest BCUT2D eigenvalue weighted by atomic mass is 32.1. The van der Waals surface area contributed by atoms with Crippen molar-refractivity contribution < 1.29 is 4.79 Å². The highest BCUT2D eigenvalue weighted by molar-refractivity contribution is 7.16. The van der Waals surface area contributed by atoms with Crippen molar-refractivity contribution in [2.24, 2.45) is 5.41 Å². The molecular formula is C20H22OS. The first-order chi connectivity index (χ1) is 10.4. The van der Waals surface area contributed by atoms with Crippen molar-refractivity contribution in [2.45, 2.75) is 40.0 Å². The van der Waals surface area contributed by atoms with Crippen molar-refractivity contribution in [2.75, 3.05) is 0 Å². The van der Waals surface area contributed by atoms with Crippen LogP contribution in [0.1, 0.15) is 53.6 Å². The molecule has 0 N–H and O–H groups in total. The number of rotatable bonds is 3. The SMILES string of the molecule is C=Cc1ccc(-c2sc3c(c2C(C)=O)CC(C)(C)CC3)cc1. The van der Waals surface area contributed by atoms with Gasteiger partial charge in [0.2, 0.25) is 0 Å². The average molecular weight is 310 g/mol. The minimum Gasteiger partial charge on any atom is -0.294 e. The standard InChI is InChI=1S/C20H22OS/c1-5-14-6-8-15(9-7-14)19-18(13(2)21)16-12-20(3,4)11-10-17(16)22-19/h5-9H,1,10-12H2,2-4H3. The van der Waals surface area contributed by atoms with Gasteiger partial charge in [0.05, 0.1) is 0 Å². The normalized spacial score (nSPS) is 16.1. The molecule has 0 spiro atoms. The van der Waals surface area contributed by atoms with Gasteiger partial charge < -0.3 is 0 Å². The Morgan fingerprint density at radius 3 is 2.55 bits per heavy atom. The van der Waals surface area contributed by atoms with E-state index in [4.69, 9.17) is 0 Å². The molecular weight excluding hydrogens is 288 g/mol. The summed E-state index contributed by atoms with van der Waals surface area (Å²) in [5.41, 5.74) is 4.81. The van der Waals surface area contributed by atoms with E-state index in [0.29, 0.717) is 5.41 Å². The lowest BCUT2D eigenvalue weighted by Crippen LogP contribution is -2.22. The van der Waals surface area contributed by atoms with Crippen LogP contribution in [0.2, 0.25) is 0 Å². The molecule has 0 amide bonds. The van der Waals surface area contributed by atoms with E-state index in [0.717, 1.165) is 34.4 Å². The van der Waals surface area contributed by atoms with Crippen molar-refractivity contribution >= 4 is 23.2 Å². The quantitative estimate of drug-likeness (QED) is 0.657. The Labute approximate surface area is 136 Å². The van der Waals surface area contributed by atoms with E-state index >= 15 is 0 Å². The van der Waals surface area contributed by atoms with Gasteiger partial charge in [0.1, 0.15) is 0 Å². The molecule has 1 aliphatic carbocycles. The number of aryl methyl sites for hydroxylation is 1. The number of hydrogen-bond acceptors (Lipinski definition) is 2. The second-order valence-electron chi connectivity index (χ2n) is 6.93. The van der Waals surface area contributed by atoms with E-state index < -0.39 is 0 Å². The van der Waals surface area contributed by atoms with Gasteiger partial charge in [-0.15, -0.1) is 11.3 Å². The molecule has 0 saturated heterocycles. The third kappa shape index (κ3) is 2.68. The molecule has 2 aromatic rings. The highest BCUT2D eigenvalue weighted by Gasteiger charge is 2.31. The molecule has 0 atom stereocenters. The summed E-state index contributed by atoms with van der Waals surface area (Å²) in [6, 6.07) is 8.33. The molecule has 0 bridgehead atoms. The van der Waals surface area contributed by atoms with Gasteiger partial charge in [-0.25, -0.2) is 0 Å². The zero-order valence-corrected chi connectivity index (χ0v) is 14.3. The van der Waals surface area contributed by atoms with Crippen LogP contribution in [0.25, 0.3) is 16.5 Å². The van der Waals surface area contributed by atoms with E-state index in [-0.39, 0.29) is 5.78 Å². The molecule has 1 aromatic carbocycles. The molecule has 22 heavy (non-hydrogen) atoms. The van der Waals surface area contributed by atoms with Crippen LogP contribution in [0.15, 0.2) is 30.8 Å². The summed E-state index contributed by atoms with van der Waals surface area (Å²) in [7, 11) is 0. The summed E-state index contributed by atoms with van der Waals surface area (Å²) in [4.78, 5) is 14.9. The number of ketones is 1. The smallest absolute Gasteiger partial charge is 0.161 e. The average Bonchev–Trinajstić information content (AvgIpc) is 2.84. The van der Waals surface area contributed by atoms with Gasteiger partial charge in [-0.05, 0) is 48.3 Å². The van der Waals surface area contributed by atoms with E-state index in [1.54, 1.807) is 6.92 Å². The van der Waals surface area contributed by atoms with Crippen molar-refractivity contribution in [1.29, 1.82) is 0 Å². The van der Waals surface area contributed by atoms with E-state index in [1.807, 2.05) is 17.4 Å². The van der Waals surface area contributed by atoms with Crippen molar-refractivity contribution in [3.8, 4) is 10.4 Å². The molecule has 0 radical (unpaired) electrons. The third-order valence-corrected chi connectivity index (χ3v) is 5.88. The Bertz CT molecular complexity index is 732. The highest BCUT2D eigenvalue weighted by Crippen LogP contribution is 2.45. The van der Waals surface area contributed by atoms with Crippen LogP contribution in [-0.4, -0.2) is 5.78 Å². The summed E-state index contributed by atoms with van der Waals surface area (Å²) >= 11 is 1.81. The summed E-state index contributed by atoms with van der Waals surface area (Å²) in [5.74, 6) is 0.193. The lowest BCUT2D eigenvalue weighted by molar-refractivity contribution is 0.101. The molecule has 1 aliphatic rings. The molecule has 0 fully saturated rings. The maximum atomic E-state index is 12.3. The minimum absolute atomic E-state index is 0.193. The largest absolute Gasteiger partial charge is 0.294 e. The molecule has 3 rings (SSSR count). The summed E-state index contributed by atoms with van der Waals surface area (Å²) in [6.45, 7) is 10.1. The van der Waals surface area contributed by atoms with Crippen LogP contribution in [-0.2, 0) is 12.8 Å². The fraction of sp³-hybridized carbons (Fsp3) is 0.350. The zero-order valence-electron chi connectivity index (χ0n) is 13.5. The van der Waals surface area contributed by atoms with Crippen LogP contribution in [0.3, 0.4) is 0 Å². The Hall–Kier alpha value is -1.67. The van der Waals surface area contributed by atoms with Crippen LogP contribution in [0, 0.1) is 5.41 Å².